The lowest BCUT2D eigenvalue weighted by molar-refractivity contribution is 0.168. The van der Waals surface area contributed by atoms with Crippen LogP contribution in [-0.2, 0) is 0 Å². The van der Waals surface area contributed by atoms with Gasteiger partial charge in [-0.15, -0.1) is 0 Å². The second kappa shape index (κ2) is 6.39. The summed E-state index contributed by atoms with van der Waals surface area (Å²) >= 11 is 3.68. The number of rotatable bonds is 3. The summed E-state index contributed by atoms with van der Waals surface area (Å²) in [6, 6.07) is 0. The molecule has 2 atom stereocenters. The van der Waals surface area contributed by atoms with Crippen LogP contribution in [0.25, 0.3) is 0 Å². The molecule has 0 radical (unpaired) electrons. The van der Waals surface area contributed by atoms with Crippen LogP contribution in [-0.4, -0.2) is 29.9 Å². The minimum atomic E-state index is 0.418. The highest BCUT2D eigenvalue weighted by Crippen LogP contribution is 2.29. The van der Waals surface area contributed by atoms with Crippen LogP contribution in [0.5, 0.6) is 0 Å². The zero-order valence-electron chi connectivity index (χ0n) is 11.4. The molecule has 96 valence electrons. The topological polar surface area (TPSA) is 3.24 Å². The van der Waals surface area contributed by atoms with Crippen LogP contribution >= 0.6 is 15.9 Å². The van der Waals surface area contributed by atoms with E-state index in [1.54, 1.807) is 0 Å². The van der Waals surface area contributed by atoms with Crippen molar-refractivity contribution < 1.29 is 0 Å². The van der Waals surface area contributed by atoms with Gasteiger partial charge in [-0.2, -0.15) is 0 Å². The summed E-state index contributed by atoms with van der Waals surface area (Å²) in [5.41, 5.74) is 0.418. The van der Waals surface area contributed by atoms with Crippen LogP contribution in [0.1, 0.15) is 47.0 Å². The highest BCUT2D eigenvalue weighted by molar-refractivity contribution is 9.09. The monoisotopic (exact) mass is 289 g/mol. The molecule has 1 aliphatic rings. The van der Waals surface area contributed by atoms with E-state index in [0.717, 1.165) is 17.2 Å². The van der Waals surface area contributed by atoms with Gasteiger partial charge in [-0.25, -0.2) is 0 Å². The maximum absolute atomic E-state index is 3.68. The second-order valence-electron chi connectivity index (χ2n) is 6.55. The van der Waals surface area contributed by atoms with Crippen LogP contribution in [0.3, 0.4) is 0 Å². The Labute approximate surface area is 110 Å². The van der Waals surface area contributed by atoms with Crippen molar-refractivity contribution in [3.8, 4) is 0 Å². The van der Waals surface area contributed by atoms with Crippen molar-refractivity contribution in [3.05, 3.63) is 0 Å². The molecule has 16 heavy (non-hydrogen) atoms. The molecule has 0 aromatic carbocycles. The third-order valence-electron chi connectivity index (χ3n) is 4.00. The second-order valence-corrected chi connectivity index (χ2v) is 7.20. The Bertz CT molecular complexity index is 197. The highest BCUT2D eigenvalue weighted by Gasteiger charge is 2.26. The van der Waals surface area contributed by atoms with Crippen molar-refractivity contribution in [1.29, 1.82) is 0 Å². The lowest BCUT2D eigenvalue weighted by Gasteiger charge is -2.34. The molecular formula is C14H28BrN. The first-order valence-corrected chi connectivity index (χ1v) is 7.84. The molecule has 0 saturated carbocycles. The van der Waals surface area contributed by atoms with E-state index >= 15 is 0 Å². The first-order valence-electron chi connectivity index (χ1n) is 6.71. The summed E-state index contributed by atoms with van der Waals surface area (Å²) in [5.74, 6) is 1.70. The fraction of sp³-hybridized carbons (Fsp3) is 1.00. The van der Waals surface area contributed by atoms with Crippen LogP contribution in [0.15, 0.2) is 0 Å². The summed E-state index contributed by atoms with van der Waals surface area (Å²) in [5, 5.41) is 1.13. The summed E-state index contributed by atoms with van der Waals surface area (Å²) in [4.78, 5) is 2.68. The van der Waals surface area contributed by atoms with Crippen molar-refractivity contribution in [3.63, 3.8) is 0 Å². The minimum Gasteiger partial charge on any atom is -0.303 e. The molecule has 0 bridgehead atoms. The summed E-state index contributed by atoms with van der Waals surface area (Å²) < 4.78 is 0. The van der Waals surface area contributed by atoms with Gasteiger partial charge in [-0.05, 0) is 49.6 Å². The lowest BCUT2D eigenvalue weighted by Crippen LogP contribution is -2.37. The van der Waals surface area contributed by atoms with Crippen molar-refractivity contribution in [2.24, 2.45) is 17.3 Å². The van der Waals surface area contributed by atoms with Gasteiger partial charge in [0.15, 0.2) is 0 Å². The van der Waals surface area contributed by atoms with Gasteiger partial charge in [0.25, 0.3) is 0 Å². The molecule has 2 heteroatoms. The third kappa shape index (κ3) is 4.75. The van der Waals surface area contributed by atoms with Gasteiger partial charge in [0.1, 0.15) is 0 Å². The molecule has 0 aromatic rings. The van der Waals surface area contributed by atoms with Crippen LogP contribution in [0.2, 0.25) is 0 Å². The first kappa shape index (κ1) is 14.5. The van der Waals surface area contributed by atoms with Gasteiger partial charge in [-0.3, -0.25) is 0 Å². The predicted molar refractivity (Wildman–Crippen MR) is 76.2 cm³/mol. The number of likely N-dealkylation sites (tertiary alicyclic amines) is 1. The molecule has 0 N–H and O–H groups in total. The SMILES string of the molecule is CC1CCCN(CC(CBr)C(C)(C)C)CC1. The number of alkyl halides is 1. The van der Waals surface area contributed by atoms with Crippen molar-refractivity contribution in [1.82, 2.24) is 4.90 Å². The number of halogens is 1. The quantitative estimate of drug-likeness (QED) is 0.705. The average Bonchev–Trinajstić information content (AvgIpc) is 2.38. The van der Waals surface area contributed by atoms with E-state index < -0.39 is 0 Å². The fourth-order valence-electron chi connectivity index (χ4n) is 2.37. The molecule has 0 amide bonds. The van der Waals surface area contributed by atoms with E-state index in [1.807, 2.05) is 0 Å². The molecule has 1 saturated heterocycles. The lowest BCUT2D eigenvalue weighted by atomic mass is 9.82. The number of hydrogen-bond donors (Lipinski definition) is 0. The standard InChI is InChI=1S/C14H28BrN/c1-12-6-5-8-16(9-7-12)11-13(10-15)14(2,3)4/h12-13H,5-11H2,1-4H3. The van der Waals surface area contributed by atoms with E-state index in [-0.39, 0.29) is 0 Å². The van der Waals surface area contributed by atoms with Crippen LogP contribution < -0.4 is 0 Å². The zero-order valence-corrected chi connectivity index (χ0v) is 13.0. The minimum absolute atomic E-state index is 0.418. The van der Waals surface area contributed by atoms with E-state index in [0.29, 0.717) is 5.41 Å². The van der Waals surface area contributed by atoms with Gasteiger partial charge < -0.3 is 4.90 Å². The molecule has 2 unspecified atom stereocenters. The van der Waals surface area contributed by atoms with Gasteiger partial charge in [0.05, 0.1) is 0 Å². The fourth-order valence-corrected chi connectivity index (χ4v) is 3.55. The Morgan fingerprint density at radius 3 is 2.50 bits per heavy atom. The van der Waals surface area contributed by atoms with E-state index in [2.05, 4.69) is 48.5 Å². The number of hydrogen-bond acceptors (Lipinski definition) is 1. The molecular weight excluding hydrogens is 262 g/mol. The van der Waals surface area contributed by atoms with Crippen molar-refractivity contribution in [2.75, 3.05) is 25.0 Å². The Morgan fingerprint density at radius 1 is 1.25 bits per heavy atom. The van der Waals surface area contributed by atoms with Crippen molar-refractivity contribution >= 4 is 15.9 Å². The largest absolute Gasteiger partial charge is 0.303 e. The number of nitrogens with zero attached hydrogens (tertiary/aromatic N) is 1. The maximum atomic E-state index is 3.68. The molecule has 1 aliphatic heterocycles. The Hall–Kier alpha value is 0.440. The van der Waals surface area contributed by atoms with Gasteiger partial charge in [-0.1, -0.05) is 43.6 Å². The Morgan fingerprint density at radius 2 is 1.94 bits per heavy atom. The molecule has 1 nitrogen and oxygen atoms in total. The molecule has 1 fully saturated rings. The van der Waals surface area contributed by atoms with Gasteiger partial charge in [0.2, 0.25) is 0 Å². The third-order valence-corrected chi connectivity index (χ3v) is 4.78. The van der Waals surface area contributed by atoms with Crippen LogP contribution in [0, 0.1) is 17.3 Å². The summed E-state index contributed by atoms with van der Waals surface area (Å²) in [7, 11) is 0. The molecule has 1 rings (SSSR count). The van der Waals surface area contributed by atoms with Crippen molar-refractivity contribution in [2.45, 2.75) is 47.0 Å². The summed E-state index contributed by atoms with van der Waals surface area (Å²) in [6.07, 6.45) is 4.20. The van der Waals surface area contributed by atoms with Gasteiger partial charge >= 0.3 is 0 Å². The Kier molecular flexibility index (Phi) is 5.79. The normalized spacial score (nSPS) is 26.4. The Balaban J connectivity index is 2.45. The smallest absolute Gasteiger partial charge is 0.00768 e. The average molecular weight is 290 g/mol. The maximum Gasteiger partial charge on any atom is 0.00768 e. The molecule has 0 aromatic heterocycles. The van der Waals surface area contributed by atoms with Gasteiger partial charge in [0, 0.05) is 11.9 Å². The summed E-state index contributed by atoms with van der Waals surface area (Å²) in [6.45, 7) is 13.4. The van der Waals surface area contributed by atoms with Crippen LogP contribution in [0.4, 0.5) is 0 Å². The van der Waals surface area contributed by atoms with E-state index in [9.17, 15) is 0 Å². The highest BCUT2D eigenvalue weighted by atomic mass is 79.9. The van der Waals surface area contributed by atoms with E-state index in [4.69, 9.17) is 0 Å². The predicted octanol–water partition coefficient (Wildman–Crippen LogP) is 4.17. The molecule has 0 spiro atoms. The molecule has 1 heterocycles. The zero-order chi connectivity index (χ0) is 12.2. The van der Waals surface area contributed by atoms with E-state index in [1.165, 1.54) is 38.9 Å². The first-order chi connectivity index (χ1) is 7.43. The molecule has 0 aliphatic carbocycles.